The Morgan fingerprint density at radius 1 is 0.786 bits per heavy atom. The first-order chi connectivity index (χ1) is 20.4. The Morgan fingerprint density at radius 2 is 1.55 bits per heavy atom. The van der Waals surface area contributed by atoms with E-state index in [4.69, 9.17) is 21.3 Å². The highest BCUT2D eigenvalue weighted by Gasteiger charge is 2.21. The fraction of sp³-hybridized carbons (Fsp3) is 0.0571. The smallest absolute Gasteiger partial charge is 0.255 e. The number of carbonyl (C=O) groups excluding carboxylic acids is 2. The van der Waals surface area contributed by atoms with Crippen molar-refractivity contribution in [3.8, 4) is 22.5 Å². The zero-order valence-electron chi connectivity index (χ0n) is 22.7. The maximum atomic E-state index is 13.7. The van der Waals surface area contributed by atoms with Gasteiger partial charge in [-0.15, -0.1) is 0 Å². The average Bonchev–Trinajstić information content (AvgIpc) is 3.00. The summed E-state index contributed by atoms with van der Waals surface area (Å²) in [5.41, 5.74) is 18.7. The summed E-state index contributed by atoms with van der Waals surface area (Å²) in [5, 5.41) is 12.1. The normalized spacial score (nSPS) is 11.0. The van der Waals surface area contributed by atoms with Crippen LogP contribution in [0.2, 0.25) is 0 Å². The zero-order chi connectivity index (χ0) is 29.2. The van der Waals surface area contributed by atoms with Gasteiger partial charge in [0.05, 0.1) is 16.7 Å². The second-order valence-electron chi connectivity index (χ2n) is 10.2. The molecule has 0 unspecified atom stereocenters. The molecule has 4 aromatic rings. The molecular formula is C35H28N4O3. The first kappa shape index (κ1) is 26.5. The van der Waals surface area contributed by atoms with E-state index in [-0.39, 0.29) is 11.7 Å². The Labute approximate surface area is 242 Å². The fourth-order valence-electron chi connectivity index (χ4n) is 5.16. The van der Waals surface area contributed by atoms with Crippen LogP contribution in [0.1, 0.15) is 32.7 Å². The van der Waals surface area contributed by atoms with Crippen molar-refractivity contribution in [2.24, 2.45) is 0 Å². The van der Waals surface area contributed by atoms with Crippen LogP contribution in [0.25, 0.3) is 33.4 Å². The average molecular weight is 553 g/mol. The minimum Gasteiger partial charge on any atom is -0.456 e. The molecule has 1 aliphatic heterocycles. The molecule has 1 amide bonds. The second kappa shape index (κ2) is 11.1. The maximum absolute atomic E-state index is 13.7. The predicted molar refractivity (Wildman–Crippen MR) is 166 cm³/mol. The van der Waals surface area contributed by atoms with Crippen LogP contribution in [-0.4, -0.2) is 11.7 Å². The van der Waals surface area contributed by atoms with Crippen LogP contribution >= 0.6 is 0 Å². The van der Waals surface area contributed by atoms with Gasteiger partial charge in [0, 0.05) is 51.9 Å². The van der Waals surface area contributed by atoms with E-state index in [1.807, 2.05) is 66.7 Å². The van der Waals surface area contributed by atoms with E-state index in [1.54, 1.807) is 42.5 Å². The second-order valence-corrected chi connectivity index (χ2v) is 10.2. The molecule has 0 saturated heterocycles. The fourth-order valence-corrected chi connectivity index (χ4v) is 5.16. The van der Waals surface area contributed by atoms with E-state index < -0.39 is 0 Å². The van der Waals surface area contributed by atoms with E-state index in [0.29, 0.717) is 57.7 Å². The molecule has 42 heavy (non-hydrogen) atoms. The predicted octanol–water partition coefficient (Wildman–Crippen LogP) is 6.92. The highest BCUT2D eigenvalue weighted by atomic mass is 16.3. The Kier molecular flexibility index (Phi) is 6.98. The van der Waals surface area contributed by atoms with Crippen molar-refractivity contribution in [2.45, 2.75) is 12.8 Å². The Bertz CT molecular complexity index is 1990. The van der Waals surface area contributed by atoms with Gasteiger partial charge < -0.3 is 26.6 Å². The number of hydrogen-bond donors (Lipinski definition) is 4. The number of ketones is 1. The van der Waals surface area contributed by atoms with E-state index in [1.165, 1.54) is 0 Å². The molecule has 7 nitrogen and oxygen atoms in total. The van der Waals surface area contributed by atoms with Crippen LogP contribution < -0.4 is 22.1 Å². The van der Waals surface area contributed by atoms with Crippen molar-refractivity contribution in [3.63, 3.8) is 0 Å². The third-order valence-electron chi connectivity index (χ3n) is 7.31. The van der Waals surface area contributed by atoms with Gasteiger partial charge in [0.2, 0.25) is 0 Å². The van der Waals surface area contributed by atoms with Gasteiger partial charge in [0.25, 0.3) is 5.91 Å². The first-order valence-corrected chi connectivity index (χ1v) is 13.6. The summed E-state index contributed by atoms with van der Waals surface area (Å²) in [7, 11) is 0. The number of anilines is 3. The molecule has 0 bridgehead atoms. The van der Waals surface area contributed by atoms with Crippen LogP contribution in [0.3, 0.4) is 0 Å². The highest BCUT2D eigenvalue weighted by Crippen LogP contribution is 2.41. The van der Waals surface area contributed by atoms with Gasteiger partial charge in [-0.25, -0.2) is 0 Å². The van der Waals surface area contributed by atoms with Crippen LogP contribution in [0.5, 0.6) is 0 Å². The quantitative estimate of drug-likeness (QED) is 0.0969. The molecule has 0 fully saturated rings. The van der Waals surface area contributed by atoms with Gasteiger partial charge >= 0.3 is 0 Å². The highest BCUT2D eigenvalue weighted by molar-refractivity contribution is 6.10. The number of hydrogen-bond acceptors (Lipinski definition) is 6. The Morgan fingerprint density at radius 3 is 2.36 bits per heavy atom. The lowest BCUT2D eigenvalue weighted by Gasteiger charge is -2.17. The number of carbonyl (C=O) groups is 2. The number of rotatable bonds is 7. The molecule has 6 rings (SSSR count). The van der Waals surface area contributed by atoms with Gasteiger partial charge in [-0.2, -0.15) is 0 Å². The van der Waals surface area contributed by atoms with Gasteiger partial charge in [0.1, 0.15) is 11.3 Å². The van der Waals surface area contributed by atoms with Gasteiger partial charge in [-0.05, 0) is 66.1 Å². The number of fused-ring (bicyclic) bond motifs is 2. The number of nitrogens with two attached hydrogens (primary N) is 2. The SMILES string of the molecule is N=c1ccc2c(-c3ccccc3C(=O)CCc3ccc(C(=O)Nc4ccccc4N)cc3)c3ccc(N)cc3oc-2c1. The van der Waals surface area contributed by atoms with Gasteiger partial charge in [-0.3, -0.25) is 9.59 Å². The van der Waals surface area contributed by atoms with Crippen molar-refractivity contribution >= 4 is 39.7 Å². The van der Waals surface area contributed by atoms with Crippen molar-refractivity contribution in [3.05, 3.63) is 131 Å². The molecule has 0 atom stereocenters. The molecule has 4 aromatic carbocycles. The molecule has 0 radical (unpaired) electrons. The van der Waals surface area contributed by atoms with Crippen LogP contribution in [0.15, 0.2) is 114 Å². The summed E-state index contributed by atoms with van der Waals surface area (Å²) in [6, 6.07) is 32.6. The summed E-state index contributed by atoms with van der Waals surface area (Å²) in [4.78, 5) is 26.3. The molecule has 1 aliphatic carbocycles. The lowest BCUT2D eigenvalue weighted by atomic mass is 9.88. The number of aryl methyl sites for hydroxylation is 1. The third kappa shape index (κ3) is 5.23. The summed E-state index contributed by atoms with van der Waals surface area (Å²) in [6.45, 7) is 0. The number of nitrogens with one attached hydrogen (secondary N) is 2. The molecule has 2 aliphatic rings. The number of Topliss-reactive ketones (excluding diaryl/α,β-unsaturated/α-hetero) is 1. The van der Waals surface area contributed by atoms with Crippen molar-refractivity contribution in [2.75, 3.05) is 16.8 Å². The number of amides is 1. The lowest BCUT2D eigenvalue weighted by Crippen LogP contribution is -2.13. The first-order valence-electron chi connectivity index (χ1n) is 13.6. The third-order valence-corrected chi connectivity index (χ3v) is 7.31. The van der Waals surface area contributed by atoms with Crippen LogP contribution in [0.4, 0.5) is 17.1 Å². The molecule has 206 valence electrons. The maximum Gasteiger partial charge on any atom is 0.255 e. The van der Waals surface area contributed by atoms with E-state index >= 15 is 0 Å². The van der Waals surface area contributed by atoms with Gasteiger partial charge in [0.15, 0.2) is 5.78 Å². The Hall–Kier alpha value is -5.69. The van der Waals surface area contributed by atoms with Gasteiger partial charge in [-0.1, -0.05) is 48.5 Å². The van der Waals surface area contributed by atoms with Crippen LogP contribution in [-0.2, 0) is 6.42 Å². The lowest BCUT2D eigenvalue weighted by molar-refractivity contribution is 0.0981. The number of nitrogen functional groups attached to an aromatic ring is 2. The van der Waals surface area contributed by atoms with E-state index in [0.717, 1.165) is 27.6 Å². The molecule has 0 spiro atoms. The van der Waals surface area contributed by atoms with Crippen molar-refractivity contribution < 1.29 is 14.0 Å². The largest absolute Gasteiger partial charge is 0.456 e. The monoisotopic (exact) mass is 552 g/mol. The Balaban J connectivity index is 1.26. The summed E-state index contributed by atoms with van der Waals surface area (Å²) < 4.78 is 6.12. The van der Waals surface area contributed by atoms with Crippen LogP contribution in [0, 0.1) is 5.41 Å². The van der Waals surface area contributed by atoms with E-state index in [9.17, 15) is 9.59 Å². The number of benzene rings is 5. The molecule has 7 heteroatoms. The topological polar surface area (TPSA) is 135 Å². The zero-order valence-corrected chi connectivity index (χ0v) is 22.7. The minimum absolute atomic E-state index is 0.00150. The molecule has 0 aromatic heterocycles. The summed E-state index contributed by atoms with van der Waals surface area (Å²) in [5.74, 6) is 0.302. The number of para-hydroxylation sites is 2. The van der Waals surface area contributed by atoms with Crippen molar-refractivity contribution in [1.82, 2.24) is 0 Å². The molecule has 1 heterocycles. The summed E-state index contributed by atoms with van der Waals surface area (Å²) >= 11 is 0. The standard InChI is InChI=1S/C35H28N4O3/c36-23-14-16-27-32(19-23)42-33-20-24(37)15-17-28(33)34(27)26-6-2-1-5-25(26)31(40)18-11-21-9-12-22(13-10-21)35(41)39-30-8-4-3-7-29(30)38/h1-10,12-17,19-20,36H,11,18,37-38H2,(H,39,41). The molecule has 6 N–H and O–H groups in total. The molecular weight excluding hydrogens is 524 g/mol. The van der Waals surface area contributed by atoms with E-state index in [2.05, 4.69) is 5.32 Å². The molecule has 0 saturated carbocycles. The summed E-state index contributed by atoms with van der Waals surface area (Å²) in [6.07, 6.45) is 0.811. The van der Waals surface area contributed by atoms with Crippen molar-refractivity contribution in [1.29, 1.82) is 5.41 Å². The minimum atomic E-state index is -0.252.